The van der Waals surface area contributed by atoms with Crippen molar-refractivity contribution in [3.63, 3.8) is 0 Å². The summed E-state index contributed by atoms with van der Waals surface area (Å²) in [5.41, 5.74) is 0.287. The van der Waals surface area contributed by atoms with Gasteiger partial charge in [0, 0.05) is 19.0 Å². The molecule has 0 radical (unpaired) electrons. The Morgan fingerprint density at radius 1 is 1.39 bits per heavy atom. The lowest BCUT2D eigenvalue weighted by Crippen LogP contribution is -2.56. The second-order valence-electron chi connectivity index (χ2n) is 4.33. The van der Waals surface area contributed by atoms with E-state index in [-0.39, 0.29) is 30.1 Å². The minimum atomic E-state index is -0.463. The van der Waals surface area contributed by atoms with Gasteiger partial charge in [-0.15, -0.1) is 0 Å². The topological polar surface area (TPSA) is 40.6 Å². The fraction of sp³-hybridized carbons (Fsp3) is 0.385. The van der Waals surface area contributed by atoms with Gasteiger partial charge in [0.1, 0.15) is 5.82 Å². The number of anilines is 1. The first-order valence-corrected chi connectivity index (χ1v) is 5.93. The summed E-state index contributed by atoms with van der Waals surface area (Å²) in [4.78, 5) is 26.8. The van der Waals surface area contributed by atoms with Crippen molar-refractivity contribution in [1.82, 2.24) is 4.90 Å². The third kappa shape index (κ3) is 2.08. The normalized spacial score (nSPS) is 20.5. The van der Waals surface area contributed by atoms with Gasteiger partial charge >= 0.3 is 6.03 Å². The Morgan fingerprint density at radius 2 is 2.11 bits per heavy atom. The summed E-state index contributed by atoms with van der Waals surface area (Å²) < 4.78 is 13.2. The molecule has 3 amide bonds. The van der Waals surface area contributed by atoms with E-state index in [2.05, 4.69) is 0 Å². The molecule has 1 aromatic rings. The molecule has 4 nitrogen and oxygen atoms in total. The Morgan fingerprint density at radius 3 is 2.72 bits per heavy atom. The summed E-state index contributed by atoms with van der Waals surface area (Å²) >= 11 is 0. The molecule has 0 saturated carbocycles. The number of carbonyl (C=O) groups excluding carboxylic acids is 2. The van der Waals surface area contributed by atoms with Crippen molar-refractivity contribution >= 4 is 17.6 Å². The number of rotatable bonds is 2. The summed E-state index contributed by atoms with van der Waals surface area (Å²) in [5, 5.41) is 0. The zero-order chi connectivity index (χ0) is 13.3. The van der Waals surface area contributed by atoms with Gasteiger partial charge in [-0.3, -0.25) is 4.79 Å². The number of carbonyl (C=O) groups is 2. The van der Waals surface area contributed by atoms with Crippen molar-refractivity contribution in [3.8, 4) is 0 Å². The average Bonchev–Trinajstić information content (AvgIpc) is 2.28. The van der Waals surface area contributed by atoms with E-state index >= 15 is 0 Å². The first-order valence-electron chi connectivity index (χ1n) is 5.93. The molecule has 1 aliphatic rings. The molecule has 18 heavy (non-hydrogen) atoms. The third-order valence-electron chi connectivity index (χ3n) is 3.10. The number of amides is 3. The second-order valence-corrected chi connectivity index (χ2v) is 4.33. The molecular formula is C13H15FN2O2. The number of halogens is 1. The van der Waals surface area contributed by atoms with Crippen LogP contribution in [0.25, 0.3) is 0 Å². The van der Waals surface area contributed by atoms with Crippen LogP contribution < -0.4 is 4.90 Å². The van der Waals surface area contributed by atoms with E-state index < -0.39 is 5.82 Å². The molecule has 0 spiro atoms. The van der Waals surface area contributed by atoms with E-state index in [1.165, 1.54) is 18.2 Å². The van der Waals surface area contributed by atoms with Crippen LogP contribution in [-0.4, -0.2) is 29.4 Å². The maximum absolute atomic E-state index is 13.2. The van der Waals surface area contributed by atoms with Crippen LogP contribution in [0.15, 0.2) is 24.3 Å². The first kappa shape index (κ1) is 12.5. The van der Waals surface area contributed by atoms with Crippen molar-refractivity contribution in [3.05, 3.63) is 30.1 Å². The van der Waals surface area contributed by atoms with Gasteiger partial charge < -0.3 is 4.90 Å². The molecular weight excluding hydrogens is 235 g/mol. The number of hydrogen-bond acceptors (Lipinski definition) is 2. The molecule has 5 heteroatoms. The molecule has 1 aliphatic heterocycles. The van der Waals surface area contributed by atoms with Gasteiger partial charge in [0.25, 0.3) is 0 Å². The largest absolute Gasteiger partial charge is 0.331 e. The molecule has 0 aromatic heterocycles. The summed E-state index contributed by atoms with van der Waals surface area (Å²) in [6, 6.07) is 5.02. The highest BCUT2D eigenvalue weighted by atomic mass is 19.1. The number of imide groups is 1. The summed E-state index contributed by atoms with van der Waals surface area (Å²) in [6.45, 7) is 4.22. The van der Waals surface area contributed by atoms with Crippen LogP contribution in [0.4, 0.5) is 14.9 Å². The van der Waals surface area contributed by atoms with E-state index in [0.717, 1.165) is 4.90 Å². The van der Waals surface area contributed by atoms with E-state index in [1.54, 1.807) is 11.0 Å². The van der Waals surface area contributed by atoms with Crippen LogP contribution in [-0.2, 0) is 4.79 Å². The third-order valence-corrected chi connectivity index (χ3v) is 3.10. The van der Waals surface area contributed by atoms with Crippen LogP contribution in [0.3, 0.4) is 0 Å². The smallest absolute Gasteiger partial charge is 0.321 e. The zero-order valence-electron chi connectivity index (χ0n) is 10.4. The van der Waals surface area contributed by atoms with E-state index in [4.69, 9.17) is 0 Å². The molecule has 1 fully saturated rings. The highest BCUT2D eigenvalue weighted by Gasteiger charge is 2.36. The van der Waals surface area contributed by atoms with Crippen LogP contribution in [0.5, 0.6) is 0 Å². The average molecular weight is 250 g/mol. The van der Waals surface area contributed by atoms with Crippen molar-refractivity contribution in [1.29, 1.82) is 0 Å². The van der Waals surface area contributed by atoms with Gasteiger partial charge in [-0.05, 0) is 32.0 Å². The first-order chi connectivity index (χ1) is 8.54. The predicted molar refractivity (Wildman–Crippen MR) is 65.7 cm³/mol. The van der Waals surface area contributed by atoms with Gasteiger partial charge in [-0.1, -0.05) is 6.07 Å². The molecule has 1 saturated heterocycles. The molecule has 96 valence electrons. The van der Waals surface area contributed by atoms with Crippen LogP contribution in [0.2, 0.25) is 0 Å². The van der Waals surface area contributed by atoms with Gasteiger partial charge in [0.05, 0.1) is 5.69 Å². The van der Waals surface area contributed by atoms with Crippen molar-refractivity contribution in [2.45, 2.75) is 26.3 Å². The Labute approximate surface area is 105 Å². The monoisotopic (exact) mass is 250 g/mol. The second kappa shape index (κ2) is 4.76. The van der Waals surface area contributed by atoms with E-state index in [9.17, 15) is 14.0 Å². The number of urea groups is 1. The molecule has 1 unspecified atom stereocenters. The molecule has 0 N–H and O–H groups in total. The Bertz CT molecular complexity index is 490. The minimum Gasteiger partial charge on any atom is -0.321 e. The lowest BCUT2D eigenvalue weighted by molar-refractivity contribution is -0.120. The van der Waals surface area contributed by atoms with Gasteiger partial charge in [-0.2, -0.15) is 0 Å². The SMILES string of the molecule is CCN1C(=O)N(c2cccc(F)c2)C(=O)CC1C. The highest BCUT2D eigenvalue weighted by Crippen LogP contribution is 2.24. The Hall–Kier alpha value is -1.91. The molecule has 2 rings (SSSR count). The van der Waals surface area contributed by atoms with Crippen LogP contribution in [0.1, 0.15) is 20.3 Å². The Kier molecular flexibility index (Phi) is 3.32. The maximum Gasteiger partial charge on any atom is 0.331 e. The standard InChI is InChI=1S/C13H15FN2O2/c1-3-15-9(2)7-12(17)16(13(15)18)11-6-4-5-10(14)8-11/h4-6,8-9H,3,7H2,1-2H3. The fourth-order valence-electron chi connectivity index (χ4n) is 2.19. The van der Waals surface area contributed by atoms with Crippen LogP contribution >= 0.6 is 0 Å². The van der Waals surface area contributed by atoms with Gasteiger partial charge in [-0.25, -0.2) is 14.1 Å². The van der Waals surface area contributed by atoms with Gasteiger partial charge in [0.15, 0.2) is 0 Å². The number of nitrogens with zero attached hydrogens (tertiary/aromatic N) is 2. The maximum atomic E-state index is 13.2. The summed E-state index contributed by atoms with van der Waals surface area (Å²) in [6.07, 6.45) is 0.260. The molecule has 0 aliphatic carbocycles. The molecule has 1 aromatic carbocycles. The quantitative estimate of drug-likeness (QED) is 0.808. The number of hydrogen-bond donors (Lipinski definition) is 0. The van der Waals surface area contributed by atoms with Crippen molar-refractivity contribution in [2.75, 3.05) is 11.4 Å². The minimum absolute atomic E-state index is 0.111. The molecule has 1 atom stereocenters. The Balaban J connectivity index is 2.37. The lowest BCUT2D eigenvalue weighted by Gasteiger charge is -2.38. The predicted octanol–water partition coefficient (Wildman–Crippen LogP) is 2.39. The van der Waals surface area contributed by atoms with Crippen LogP contribution in [0, 0.1) is 5.82 Å². The van der Waals surface area contributed by atoms with Crippen molar-refractivity contribution in [2.24, 2.45) is 0 Å². The van der Waals surface area contributed by atoms with Gasteiger partial charge in [0.2, 0.25) is 5.91 Å². The number of benzene rings is 1. The summed E-state index contributed by atoms with van der Waals surface area (Å²) in [7, 11) is 0. The van der Waals surface area contributed by atoms with E-state index in [1.807, 2.05) is 13.8 Å². The lowest BCUT2D eigenvalue weighted by atomic mass is 10.1. The summed E-state index contributed by atoms with van der Waals surface area (Å²) in [5.74, 6) is -0.752. The van der Waals surface area contributed by atoms with Crippen molar-refractivity contribution < 1.29 is 14.0 Å². The van der Waals surface area contributed by atoms with E-state index in [0.29, 0.717) is 6.54 Å². The molecule has 0 bridgehead atoms. The fourth-order valence-corrected chi connectivity index (χ4v) is 2.19. The molecule has 1 heterocycles. The highest BCUT2D eigenvalue weighted by molar-refractivity contribution is 6.16. The zero-order valence-corrected chi connectivity index (χ0v) is 10.4.